The maximum Gasteiger partial charge on any atom is 0.149 e. The third-order valence-electron chi connectivity index (χ3n) is 4.16. The summed E-state index contributed by atoms with van der Waals surface area (Å²) in [7, 11) is 2.10. The molecular formula is C16H25Cl2N3. The molecule has 0 atom stereocenters. The van der Waals surface area contributed by atoms with E-state index >= 15 is 0 Å². The molecule has 1 aliphatic carbocycles. The van der Waals surface area contributed by atoms with Crippen LogP contribution in [0.1, 0.15) is 51.9 Å². The van der Waals surface area contributed by atoms with Crippen molar-refractivity contribution in [3.63, 3.8) is 0 Å². The van der Waals surface area contributed by atoms with E-state index in [1.807, 2.05) is 0 Å². The summed E-state index contributed by atoms with van der Waals surface area (Å²) in [4.78, 5) is 6.90. The predicted octanol–water partition coefficient (Wildman–Crippen LogP) is 5.37. The lowest BCUT2D eigenvalue weighted by molar-refractivity contribution is 0.549. The molecule has 0 spiro atoms. The molecule has 3 nitrogen and oxygen atoms in total. The topological polar surface area (TPSA) is 28.2 Å². The van der Waals surface area contributed by atoms with E-state index in [-0.39, 0.29) is 0 Å². The van der Waals surface area contributed by atoms with Crippen molar-refractivity contribution in [2.45, 2.75) is 57.9 Å². The normalized spacial score (nSPS) is 16.6. The van der Waals surface area contributed by atoms with Crippen molar-refractivity contribution in [2.75, 3.05) is 23.8 Å². The van der Waals surface area contributed by atoms with E-state index in [9.17, 15) is 0 Å². The number of rotatable bonds is 5. The van der Waals surface area contributed by atoms with Crippen LogP contribution in [0.2, 0.25) is 10.0 Å². The summed E-state index contributed by atoms with van der Waals surface area (Å²) in [6.45, 7) is 2.98. The zero-order valence-corrected chi connectivity index (χ0v) is 14.5. The number of nitrogens with zero attached hydrogens (tertiary/aromatic N) is 2. The largest absolute Gasteiger partial charge is 0.369 e. The molecule has 1 aliphatic rings. The third kappa shape index (κ3) is 4.40. The maximum atomic E-state index is 6.37. The smallest absolute Gasteiger partial charge is 0.149 e. The Bertz CT molecular complexity index is 457. The Kier molecular flexibility index (Phi) is 6.43. The van der Waals surface area contributed by atoms with E-state index in [2.05, 4.69) is 29.2 Å². The maximum absolute atomic E-state index is 6.37. The van der Waals surface area contributed by atoms with Gasteiger partial charge in [-0.25, -0.2) is 4.98 Å². The van der Waals surface area contributed by atoms with Gasteiger partial charge in [0.2, 0.25) is 0 Å². The lowest BCUT2D eigenvalue weighted by atomic mass is 10.1. The summed E-state index contributed by atoms with van der Waals surface area (Å²) in [6.07, 6.45) is 8.74. The minimum Gasteiger partial charge on any atom is -0.369 e. The molecule has 0 aromatic carbocycles. The Hall–Kier alpha value is -0.670. The summed E-state index contributed by atoms with van der Waals surface area (Å²) < 4.78 is 0. The first-order valence-corrected chi connectivity index (χ1v) is 8.71. The van der Waals surface area contributed by atoms with Gasteiger partial charge in [0, 0.05) is 19.6 Å². The lowest BCUT2D eigenvalue weighted by Gasteiger charge is -2.29. The van der Waals surface area contributed by atoms with Gasteiger partial charge in [0.25, 0.3) is 0 Å². The second-order valence-electron chi connectivity index (χ2n) is 5.81. The van der Waals surface area contributed by atoms with Gasteiger partial charge in [-0.2, -0.15) is 0 Å². The van der Waals surface area contributed by atoms with Crippen LogP contribution >= 0.6 is 23.2 Å². The van der Waals surface area contributed by atoms with Gasteiger partial charge in [-0.3, -0.25) is 0 Å². The van der Waals surface area contributed by atoms with Crippen molar-refractivity contribution in [3.8, 4) is 0 Å². The lowest BCUT2D eigenvalue weighted by Crippen LogP contribution is -2.32. The Balaban J connectivity index is 2.20. The first-order valence-electron chi connectivity index (χ1n) is 7.96. The fourth-order valence-corrected chi connectivity index (χ4v) is 3.45. The second kappa shape index (κ2) is 8.09. The highest BCUT2D eigenvalue weighted by atomic mass is 35.5. The highest BCUT2D eigenvalue weighted by Gasteiger charge is 2.21. The number of halogens is 2. The summed E-state index contributed by atoms with van der Waals surface area (Å²) in [5, 5.41) is 4.49. The van der Waals surface area contributed by atoms with Crippen LogP contribution < -0.4 is 10.2 Å². The Morgan fingerprint density at radius 1 is 1.19 bits per heavy atom. The van der Waals surface area contributed by atoms with E-state index in [4.69, 9.17) is 23.2 Å². The van der Waals surface area contributed by atoms with Crippen LogP contribution in [0.15, 0.2) is 6.07 Å². The number of hydrogen-bond donors (Lipinski definition) is 1. The van der Waals surface area contributed by atoms with Crippen molar-refractivity contribution < 1.29 is 0 Å². The summed E-state index contributed by atoms with van der Waals surface area (Å²) in [5.41, 5.74) is 0. The van der Waals surface area contributed by atoms with Gasteiger partial charge >= 0.3 is 0 Å². The predicted molar refractivity (Wildman–Crippen MR) is 92.9 cm³/mol. The van der Waals surface area contributed by atoms with Crippen molar-refractivity contribution in [1.29, 1.82) is 0 Å². The molecule has 0 saturated heterocycles. The zero-order valence-electron chi connectivity index (χ0n) is 13.0. The highest BCUT2D eigenvalue weighted by Crippen LogP contribution is 2.33. The molecule has 1 aromatic heterocycles. The average Bonchev–Trinajstić information content (AvgIpc) is 2.75. The molecule has 1 fully saturated rings. The molecule has 1 heterocycles. The van der Waals surface area contributed by atoms with Crippen LogP contribution in [0.4, 0.5) is 11.6 Å². The number of aromatic nitrogens is 1. The Morgan fingerprint density at radius 3 is 2.48 bits per heavy atom. The van der Waals surface area contributed by atoms with Crippen molar-refractivity contribution in [3.05, 3.63) is 16.1 Å². The molecule has 0 unspecified atom stereocenters. The van der Waals surface area contributed by atoms with Crippen molar-refractivity contribution in [1.82, 2.24) is 4.98 Å². The molecule has 1 aromatic rings. The molecule has 5 heteroatoms. The molecule has 2 rings (SSSR count). The Morgan fingerprint density at radius 2 is 1.86 bits per heavy atom. The summed E-state index contributed by atoms with van der Waals surface area (Å²) in [6, 6.07) is 2.33. The first kappa shape index (κ1) is 16.7. The van der Waals surface area contributed by atoms with Crippen molar-refractivity contribution >= 4 is 34.8 Å². The summed E-state index contributed by atoms with van der Waals surface area (Å²) >= 11 is 12.6. The van der Waals surface area contributed by atoms with Crippen LogP contribution in [0, 0.1) is 0 Å². The first-order chi connectivity index (χ1) is 10.1. The Labute approximate surface area is 138 Å². The van der Waals surface area contributed by atoms with Gasteiger partial charge in [-0.15, -0.1) is 0 Å². The van der Waals surface area contributed by atoms with E-state index in [1.165, 1.54) is 38.5 Å². The van der Waals surface area contributed by atoms with Gasteiger partial charge < -0.3 is 10.2 Å². The van der Waals surface area contributed by atoms with E-state index in [1.54, 1.807) is 6.07 Å². The highest BCUT2D eigenvalue weighted by molar-refractivity contribution is 6.37. The van der Waals surface area contributed by atoms with Crippen LogP contribution in [-0.2, 0) is 0 Å². The fourth-order valence-electron chi connectivity index (χ4n) is 2.89. The number of nitrogens with one attached hydrogen (secondary N) is 1. The van der Waals surface area contributed by atoms with Gasteiger partial charge in [0.05, 0.1) is 10.0 Å². The quantitative estimate of drug-likeness (QED) is 0.736. The minimum absolute atomic E-state index is 0.526. The molecule has 0 radical (unpaired) electrons. The number of hydrogen-bond acceptors (Lipinski definition) is 3. The number of anilines is 2. The van der Waals surface area contributed by atoms with E-state index in [0.717, 1.165) is 24.6 Å². The van der Waals surface area contributed by atoms with Crippen LogP contribution in [-0.4, -0.2) is 24.6 Å². The fraction of sp³-hybridized carbons (Fsp3) is 0.688. The monoisotopic (exact) mass is 329 g/mol. The van der Waals surface area contributed by atoms with E-state index in [0.29, 0.717) is 16.1 Å². The molecule has 1 N–H and O–H groups in total. The SMILES string of the molecule is CCCNc1nc(N(C)C2CCCCCC2)c(Cl)cc1Cl. The van der Waals surface area contributed by atoms with Gasteiger partial charge in [0.15, 0.2) is 0 Å². The molecule has 1 saturated carbocycles. The van der Waals surface area contributed by atoms with Gasteiger partial charge in [-0.05, 0) is 25.3 Å². The average molecular weight is 330 g/mol. The zero-order chi connectivity index (χ0) is 15.2. The molecule has 118 valence electrons. The van der Waals surface area contributed by atoms with Crippen LogP contribution in [0.25, 0.3) is 0 Å². The standard InChI is InChI=1S/C16H25Cl2N3/c1-3-10-19-15-13(17)11-14(18)16(20-15)21(2)12-8-6-4-5-7-9-12/h11-12H,3-10H2,1-2H3,(H,19,20). The van der Waals surface area contributed by atoms with Crippen molar-refractivity contribution in [2.24, 2.45) is 0 Å². The molecule has 0 bridgehead atoms. The van der Waals surface area contributed by atoms with Gasteiger partial charge in [-0.1, -0.05) is 55.8 Å². The van der Waals surface area contributed by atoms with E-state index < -0.39 is 0 Å². The molecular weight excluding hydrogens is 305 g/mol. The molecule has 0 amide bonds. The van der Waals surface area contributed by atoms with Crippen LogP contribution in [0.3, 0.4) is 0 Å². The minimum atomic E-state index is 0.526. The number of pyridine rings is 1. The van der Waals surface area contributed by atoms with Crippen LogP contribution in [0.5, 0.6) is 0 Å². The van der Waals surface area contributed by atoms with Gasteiger partial charge in [0.1, 0.15) is 11.6 Å². The second-order valence-corrected chi connectivity index (χ2v) is 6.62. The summed E-state index contributed by atoms with van der Waals surface area (Å²) in [5.74, 6) is 1.57. The molecule has 21 heavy (non-hydrogen) atoms. The molecule has 0 aliphatic heterocycles. The third-order valence-corrected chi connectivity index (χ3v) is 4.73.